The van der Waals surface area contributed by atoms with Crippen molar-refractivity contribution in [3.8, 4) is 0 Å². The van der Waals surface area contributed by atoms with Crippen LogP contribution >= 0.6 is 15.9 Å². The topological polar surface area (TPSA) is 32.3 Å². The van der Waals surface area contributed by atoms with Gasteiger partial charge in [-0.25, -0.2) is 0 Å². The van der Waals surface area contributed by atoms with E-state index in [4.69, 9.17) is 0 Å². The molecule has 0 saturated carbocycles. The van der Waals surface area contributed by atoms with Crippen LogP contribution in [0.15, 0.2) is 28.7 Å². The zero-order chi connectivity index (χ0) is 13.8. The van der Waals surface area contributed by atoms with Crippen LogP contribution in [0.3, 0.4) is 0 Å². The Kier molecular flexibility index (Phi) is 4.99. The maximum Gasteiger partial charge on any atom is 0.219 e. The summed E-state index contributed by atoms with van der Waals surface area (Å²) >= 11 is 3.57. The van der Waals surface area contributed by atoms with Gasteiger partial charge >= 0.3 is 0 Å². The Morgan fingerprint density at radius 1 is 1.47 bits per heavy atom. The molecule has 2 atom stereocenters. The molecule has 2 rings (SSSR count). The monoisotopic (exact) mass is 324 g/mol. The number of nitrogens with zero attached hydrogens (tertiary/aromatic N) is 1. The second-order valence-corrected chi connectivity index (χ2v) is 6.16. The molecule has 1 fully saturated rings. The van der Waals surface area contributed by atoms with Crippen molar-refractivity contribution in [2.75, 3.05) is 13.1 Å². The van der Waals surface area contributed by atoms with Crippen molar-refractivity contribution in [2.24, 2.45) is 5.92 Å². The highest BCUT2D eigenvalue weighted by atomic mass is 79.9. The number of piperidine rings is 1. The molecular weight excluding hydrogens is 304 g/mol. The van der Waals surface area contributed by atoms with E-state index in [0.29, 0.717) is 12.0 Å². The molecule has 3 nitrogen and oxygen atoms in total. The molecule has 1 amide bonds. The van der Waals surface area contributed by atoms with Gasteiger partial charge in [0.1, 0.15) is 0 Å². The van der Waals surface area contributed by atoms with E-state index in [1.807, 2.05) is 11.0 Å². The van der Waals surface area contributed by atoms with E-state index in [-0.39, 0.29) is 5.91 Å². The zero-order valence-electron chi connectivity index (χ0n) is 11.5. The Labute approximate surface area is 123 Å². The highest BCUT2D eigenvalue weighted by Gasteiger charge is 2.26. The minimum Gasteiger partial charge on any atom is -0.343 e. The summed E-state index contributed by atoms with van der Waals surface area (Å²) in [6, 6.07) is 8.78. The number of rotatable bonds is 3. The third kappa shape index (κ3) is 3.80. The van der Waals surface area contributed by atoms with Gasteiger partial charge in [0.25, 0.3) is 0 Å². The van der Waals surface area contributed by atoms with Crippen LogP contribution in [0.2, 0.25) is 0 Å². The molecule has 104 valence electrons. The van der Waals surface area contributed by atoms with E-state index < -0.39 is 0 Å². The molecule has 1 heterocycles. The van der Waals surface area contributed by atoms with Crippen LogP contribution in [0.5, 0.6) is 0 Å². The van der Waals surface area contributed by atoms with Crippen molar-refractivity contribution in [3.63, 3.8) is 0 Å². The third-order valence-corrected chi connectivity index (χ3v) is 4.64. The number of carbonyl (C=O) groups is 1. The summed E-state index contributed by atoms with van der Waals surface area (Å²) in [5.41, 5.74) is 1.28. The fourth-order valence-corrected chi connectivity index (χ4v) is 3.04. The molecule has 19 heavy (non-hydrogen) atoms. The van der Waals surface area contributed by atoms with Gasteiger partial charge in [-0.15, -0.1) is 0 Å². The largest absolute Gasteiger partial charge is 0.343 e. The van der Waals surface area contributed by atoms with Gasteiger partial charge in [-0.2, -0.15) is 0 Å². The third-order valence-electron chi connectivity index (χ3n) is 3.86. The van der Waals surface area contributed by atoms with E-state index in [1.54, 1.807) is 6.92 Å². The molecule has 0 aliphatic carbocycles. The number of carbonyl (C=O) groups excluding carboxylic acids is 1. The van der Waals surface area contributed by atoms with Crippen LogP contribution in [0.1, 0.15) is 25.8 Å². The Hall–Kier alpha value is -0.870. The van der Waals surface area contributed by atoms with Gasteiger partial charge in [0.2, 0.25) is 5.91 Å². The Bertz CT molecular complexity index is 450. The first-order valence-electron chi connectivity index (χ1n) is 6.80. The van der Waals surface area contributed by atoms with Gasteiger partial charge in [-0.05, 0) is 24.0 Å². The van der Waals surface area contributed by atoms with Crippen molar-refractivity contribution in [1.82, 2.24) is 10.2 Å². The minimum absolute atomic E-state index is 0.191. The summed E-state index contributed by atoms with van der Waals surface area (Å²) in [6.07, 6.45) is 1.03. The van der Waals surface area contributed by atoms with Gasteiger partial charge in [-0.3, -0.25) is 4.79 Å². The molecule has 1 aromatic rings. The van der Waals surface area contributed by atoms with E-state index >= 15 is 0 Å². The first kappa shape index (κ1) is 14.5. The number of benzene rings is 1. The lowest BCUT2D eigenvalue weighted by Crippen LogP contribution is -2.49. The number of amides is 1. The highest BCUT2D eigenvalue weighted by molar-refractivity contribution is 9.10. The lowest BCUT2D eigenvalue weighted by atomic mass is 9.93. The van der Waals surface area contributed by atoms with Crippen LogP contribution in [0, 0.1) is 5.92 Å². The highest BCUT2D eigenvalue weighted by Crippen LogP contribution is 2.19. The maximum atomic E-state index is 11.4. The molecule has 0 spiro atoms. The van der Waals surface area contributed by atoms with Gasteiger partial charge in [0.15, 0.2) is 0 Å². The molecule has 0 radical (unpaired) electrons. The van der Waals surface area contributed by atoms with Gasteiger partial charge in [-0.1, -0.05) is 41.1 Å². The predicted molar refractivity (Wildman–Crippen MR) is 80.8 cm³/mol. The van der Waals surface area contributed by atoms with Crippen molar-refractivity contribution >= 4 is 21.8 Å². The number of nitrogens with one attached hydrogen (secondary N) is 1. The molecule has 1 aliphatic rings. The Balaban J connectivity index is 1.88. The predicted octanol–water partition coefficient (Wildman–Crippen LogP) is 2.80. The smallest absolute Gasteiger partial charge is 0.219 e. The molecule has 1 saturated heterocycles. The molecule has 1 N–H and O–H groups in total. The Morgan fingerprint density at radius 3 is 2.84 bits per heavy atom. The summed E-state index contributed by atoms with van der Waals surface area (Å²) < 4.78 is 1.15. The second kappa shape index (κ2) is 6.53. The molecule has 1 aliphatic heterocycles. The van der Waals surface area contributed by atoms with Crippen LogP contribution in [0.25, 0.3) is 0 Å². The first-order valence-corrected chi connectivity index (χ1v) is 7.59. The zero-order valence-corrected chi connectivity index (χ0v) is 13.1. The fraction of sp³-hybridized carbons (Fsp3) is 0.533. The molecular formula is C15H21BrN2O. The number of hydrogen-bond donors (Lipinski definition) is 1. The standard InChI is InChI=1S/C15H21BrN2O/c1-11-10-18(12(2)19)8-7-15(11)17-9-13-5-3-4-6-14(13)16/h3-6,11,15,17H,7-10H2,1-2H3/t11-,15-/m1/s1. The van der Waals surface area contributed by atoms with Gasteiger partial charge in [0.05, 0.1) is 0 Å². The van der Waals surface area contributed by atoms with Gasteiger partial charge in [0, 0.05) is 37.1 Å². The van der Waals surface area contributed by atoms with Crippen molar-refractivity contribution < 1.29 is 4.79 Å². The van der Waals surface area contributed by atoms with E-state index in [1.165, 1.54) is 5.56 Å². The fourth-order valence-electron chi connectivity index (χ4n) is 2.62. The summed E-state index contributed by atoms with van der Waals surface area (Å²) in [5, 5.41) is 3.62. The normalized spacial score (nSPS) is 23.4. The minimum atomic E-state index is 0.191. The number of hydrogen-bond acceptors (Lipinski definition) is 2. The van der Waals surface area contributed by atoms with Crippen LogP contribution < -0.4 is 5.32 Å². The van der Waals surface area contributed by atoms with E-state index in [2.05, 4.69) is 46.4 Å². The summed E-state index contributed by atoms with van der Waals surface area (Å²) in [6.45, 7) is 6.47. The first-order chi connectivity index (χ1) is 9.08. The molecule has 1 aromatic carbocycles. The lowest BCUT2D eigenvalue weighted by molar-refractivity contribution is -0.130. The average molecular weight is 325 g/mol. The Morgan fingerprint density at radius 2 is 2.21 bits per heavy atom. The van der Waals surface area contributed by atoms with Crippen molar-refractivity contribution in [3.05, 3.63) is 34.3 Å². The van der Waals surface area contributed by atoms with Crippen LogP contribution in [0.4, 0.5) is 0 Å². The number of halogens is 1. The summed E-state index contributed by atoms with van der Waals surface area (Å²) in [7, 11) is 0. The maximum absolute atomic E-state index is 11.4. The van der Waals surface area contributed by atoms with Crippen LogP contribution in [-0.2, 0) is 11.3 Å². The van der Waals surface area contributed by atoms with Crippen LogP contribution in [-0.4, -0.2) is 29.9 Å². The van der Waals surface area contributed by atoms with Crippen molar-refractivity contribution in [2.45, 2.75) is 32.9 Å². The quantitative estimate of drug-likeness (QED) is 0.927. The molecule has 0 aromatic heterocycles. The number of likely N-dealkylation sites (tertiary alicyclic amines) is 1. The van der Waals surface area contributed by atoms with E-state index in [0.717, 1.165) is 30.5 Å². The van der Waals surface area contributed by atoms with Gasteiger partial charge < -0.3 is 10.2 Å². The van der Waals surface area contributed by atoms with E-state index in [9.17, 15) is 4.79 Å². The SMILES string of the molecule is CC(=O)N1CC[C@@H](NCc2ccccc2Br)[C@H](C)C1. The molecule has 0 unspecified atom stereocenters. The molecule has 4 heteroatoms. The summed E-state index contributed by atoms with van der Waals surface area (Å²) in [4.78, 5) is 13.3. The van der Waals surface area contributed by atoms with Crippen molar-refractivity contribution in [1.29, 1.82) is 0 Å². The summed E-state index contributed by atoms with van der Waals surface area (Å²) in [5.74, 6) is 0.691. The average Bonchev–Trinajstić information content (AvgIpc) is 2.39. The molecule has 0 bridgehead atoms. The second-order valence-electron chi connectivity index (χ2n) is 5.31. The lowest BCUT2D eigenvalue weighted by Gasteiger charge is -2.37.